The number of carbonyl (C=O) groups is 1. The third-order valence-electron chi connectivity index (χ3n) is 2.67. The lowest BCUT2D eigenvalue weighted by Crippen LogP contribution is -2.30. The Balaban J connectivity index is 2.11. The fourth-order valence-corrected chi connectivity index (χ4v) is 3.02. The molecule has 1 aromatic carbocycles. The van der Waals surface area contributed by atoms with Crippen LogP contribution in [0.2, 0.25) is 0 Å². The van der Waals surface area contributed by atoms with Gasteiger partial charge < -0.3 is 9.84 Å². The lowest BCUT2D eigenvalue weighted by molar-refractivity contribution is 0.101. The molecule has 0 aliphatic carbocycles. The van der Waals surface area contributed by atoms with Gasteiger partial charge in [-0.25, -0.2) is 13.1 Å². The maximum atomic E-state index is 12.0. The number of amides is 1. The third-order valence-corrected chi connectivity index (χ3v) is 4.35. The number of benzene rings is 1. The molecule has 0 aliphatic rings. The summed E-state index contributed by atoms with van der Waals surface area (Å²) in [4.78, 5) is 12.0. The van der Waals surface area contributed by atoms with Gasteiger partial charge in [-0.2, -0.15) is 0 Å². The van der Waals surface area contributed by atoms with Crippen LogP contribution in [0.3, 0.4) is 0 Å². The molecule has 0 fully saturated rings. The fourth-order valence-electron chi connectivity index (χ4n) is 1.76. The van der Waals surface area contributed by atoms with Gasteiger partial charge in [0, 0.05) is 17.8 Å². The fraction of sp³-hybridized carbons (Fsp3) is 0.286. The summed E-state index contributed by atoms with van der Waals surface area (Å²) in [6.45, 7) is 5.17. The van der Waals surface area contributed by atoms with Crippen LogP contribution in [0.1, 0.15) is 30.1 Å². The van der Waals surface area contributed by atoms with Gasteiger partial charge in [0.05, 0.1) is 4.90 Å². The summed E-state index contributed by atoms with van der Waals surface area (Å²) in [5, 5.41) is 6.22. The molecule has 2 aromatic rings. The summed E-state index contributed by atoms with van der Waals surface area (Å²) in [5.41, 5.74) is 0.629. The maximum absolute atomic E-state index is 12.0. The number of carbonyl (C=O) groups excluding carboxylic acids is 1. The minimum atomic E-state index is -3.54. The predicted octanol–water partition coefficient (Wildman–Crippen LogP) is 1.92. The van der Waals surface area contributed by atoms with E-state index in [0.717, 1.165) is 0 Å². The summed E-state index contributed by atoms with van der Waals surface area (Å²) in [5.74, 6) is 0.110. The number of nitrogens with one attached hydrogen (secondary N) is 2. The molecule has 0 saturated heterocycles. The average Bonchev–Trinajstić information content (AvgIpc) is 2.85. The number of hydrogen-bond acceptors (Lipinski definition) is 5. The van der Waals surface area contributed by atoms with E-state index in [1.54, 1.807) is 20.8 Å². The highest BCUT2D eigenvalue weighted by atomic mass is 32.2. The van der Waals surface area contributed by atoms with Gasteiger partial charge >= 0.3 is 0 Å². The van der Waals surface area contributed by atoms with Crippen LogP contribution in [0.5, 0.6) is 0 Å². The van der Waals surface area contributed by atoms with Gasteiger partial charge in [0.2, 0.25) is 10.0 Å². The van der Waals surface area contributed by atoms with Crippen molar-refractivity contribution in [2.24, 2.45) is 0 Å². The summed E-state index contributed by atoms with van der Waals surface area (Å²) in [7, 11) is -3.54. The van der Waals surface area contributed by atoms with Crippen LogP contribution < -0.4 is 10.0 Å². The zero-order chi connectivity index (χ0) is 16.3. The molecule has 2 rings (SSSR count). The number of aromatic nitrogens is 1. The molecule has 2 N–H and O–H groups in total. The van der Waals surface area contributed by atoms with Crippen LogP contribution in [-0.4, -0.2) is 25.5 Å². The highest BCUT2D eigenvalue weighted by molar-refractivity contribution is 7.89. The molecule has 0 unspecified atom stereocenters. The lowest BCUT2D eigenvalue weighted by atomic mass is 10.3. The molecule has 0 aliphatic heterocycles. The molecule has 0 spiro atoms. The summed E-state index contributed by atoms with van der Waals surface area (Å²) < 4.78 is 31.3. The van der Waals surface area contributed by atoms with Crippen molar-refractivity contribution in [1.82, 2.24) is 9.88 Å². The minimum Gasteiger partial charge on any atom is -0.361 e. The topological polar surface area (TPSA) is 101 Å². The van der Waals surface area contributed by atoms with Crippen LogP contribution in [0.25, 0.3) is 0 Å². The molecule has 7 nitrogen and oxygen atoms in total. The second kappa shape index (κ2) is 6.29. The Morgan fingerprint density at radius 1 is 1.23 bits per heavy atom. The Hall–Kier alpha value is -2.19. The Morgan fingerprint density at radius 2 is 1.86 bits per heavy atom. The highest BCUT2D eigenvalue weighted by Gasteiger charge is 2.16. The Labute approximate surface area is 128 Å². The molecule has 1 heterocycles. The van der Waals surface area contributed by atoms with E-state index < -0.39 is 15.9 Å². The number of nitrogens with zero attached hydrogens (tertiary/aromatic N) is 1. The molecule has 1 amide bonds. The van der Waals surface area contributed by atoms with E-state index in [1.165, 1.54) is 30.3 Å². The monoisotopic (exact) mass is 323 g/mol. The Morgan fingerprint density at radius 3 is 2.36 bits per heavy atom. The van der Waals surface area contributed by atoms with Crippen LogP contribution in [0.15, 0.2) is 39.8 Å². The van der Waals surface area contributed by atoms with Crippen molar-refractivity contribution in [2.45, 2.75) is 31.7 Å². The lowest BCUT2D eigenvalue weighted by Gasteiger charge is -2.10. The molecule has 0 atom stereocenters. The number of hydrogen-bond donors (Lipinski definition) is 2. The average molecular weight is 323 g/mol. The summed E-state index contributed by atoms with van der Waals surface area (Å²) >= 11 is 0. The first-order chi connectivity index (χ1) is 10.3. The standard InChI is InChI=1S/C14H17N3O4S/c1-9(2)17-22(19,20)12-6-4-11(5-7-12)15-14(18)13-8-10(3)21-16-13/h4-9,17H,1-3H3,(H,15,18). The van der Waals surface area contributed by atoms with Crippen molar-refractivity contribution in [3.63, 3.8) is 0 Å². The molecule has 0 saturated carbocycles. The number of aryl methyl sites for hydroxylation is 1. The van der Waals surface area contributed by atoms with Crippen molar-refractivity contribution in [1.29, 1.82) is 0 Å². The van der Waals surface area contributed by atoms with E-state index in [2.05, 4.69) is 15.2 Å². The van der Waals surface area contributed by atoms with Gasteiger partial charge in [0.1, 0.15) is 5.76 Å². The van der Waals surface area contributed by atoms with Crippen LogP contribution in [0, 0.1) is 6.92 Å². The van der Waals surface area contributed by atoms with Crippen LogP contribution in [-0.2, 0) is 10.0 Å². The molecule has 0 radical (unpaired) electrons. The van der Waals surface area contributed by atoms with Gasteiger partial charge in [-0.05, 0) is 45.0 Å². The predicted molar refractivity (Wildman–Crippen MR) is 81.1 cm³/mol. The smallest absolute Gasteiger partial charge is 0.277 e. The van der Waals surface area contributed by atoms with Crippen LogP contribution >= 0.6 is 0 Å². The first kappa shape index (κ1) is 16.2. The van der Waals surface area contributed by atoms with E-state index in [0.29, 0.717) is 11.4 Å². The molecule has 22 heavy (non-hydrogen) atoms. The number of sulfonamides is 1. The second-order valence-electron chi connectivity index (χ2n) is 5.08. The van der Waals surface area contributed by atoms with Crippen molar-refractivity contribution in [2.75, 3.05) is 5.32 Å². The van der Waals surface area contributed by atoms with Crippen molar-refractivity contribution in [3.8, 4) is 0 Å². The maximum Gasteiger partial charge on any atom is 0.277 e. The molecular weight excluding hydrogens is 306 g/mol. The first-order valence-electron chi connectivity index (χ1n) is 6.65. The SMILES string of the molecule is Cc1cc(C(=O)Nc2ccc(S(=O)(=O)NC(C)C)cc2)no1. The Bertz CT molecular complexity index is 764. The molecular formula is C14H17N3O4S. The van der Waals surface area contributed by atoms with Gasteiger partial charge in [0.15, 0.2) is 5.69 Å². The largest absolute Gasteiger partial charge is 0.361 e. The highest BCUT2D eigenvalue weighted by Crippen LogP contribution is 2.15. The molecule has 118 valence electrons. The zero-order valence-corrected chi connectivity index (χ0v) is 13.3. The molecule has 0 bridgehead atoms. The molecule has 1 aromatic heterocycles. The van der Waals surface area contributed by atoms with E-state index in [4.69, 9.17) is 4.52 Å². The van der Waals surface area contributed by atoms with E-state index >= 15 is 0 Å². The van der Waals surface area contributed by atoms with Crippen LogP contribution in [0.4, 0.5) is 5.69 Å². The van der Waals surface area contributed by atoms with E-state index in [1.807, 2.05) is 0 Å². The van der Waals surface area contributed by atoms with Gasteiger partial charge in [-0.15, -0.1) is 0 Å². The number of anilines is 1. The molecule has 8 heteroatoms. The quantitative estimate of drug-likeness (QED) is 0.875. The van der Waals surface area contributed by atoms with Crippen molar-refractivity contribution >= 4 is 21.6 Å². The van der Waals surface area contributed by atoms with Gasteiger partial charge in [-0.1, -0.05) is 5.16 Å². The summed E-state index contributed by atoms with van der Waals surface area (Å²) in [6.07, 6.45) is 0. The zero-order valence-electron chi connectivity index (χ0n) is 12.5. The van der Waals surface area contributed by atoms with E-state index in [9.17, 15) is 13.2 Å². The first-order valence-corrected chi connectivity index (χ1v) is 8.13. The van der Waals surface area contributed by atoms with Crippen molar-refractivity contribution < 1.29 is 17.7 Å². The van der Waals surface area contributed by atoms with Crippen molar-refractivity contribution in [3.05, 3.63) is 41.8 Å². The van der Waals surface area contributed by atoms with Gasteiger partial charge in [-0.3, -0.25) is 4.79 Å². The van der Waals surface area contributed by atoms with Gasteiger partial charge in [0.25, 0.3) is 5.91 Å². The third kappa shape index (κ3) is 3.92. The number of rotatable bonds is 5. The van der Waals surface area contributed by atoms with E-state index in [-0.39, 0.29) is 16.6 Å². The second-order valence-corrected chi connectivity index (χ2v) is 6.79. The summed E-state index contributed by atoms with van der Waals surface area (Å²) in [6, 6.07) is 7.20. The minimum absolute atomic E-state index is 0.136. The Kier molecular flexibility index (Phi) is 4.62. The normalized spacial score (nSPS) is 11.6.